The second kappa shape index (κ2) is 8.14. The van der Waals surface area contributed by atoms with Crippen molar-refractivity contribution in [1.82, 2.24) is 10.5 Å². The lowest BCUT2D eigenvalue weighted by Gasteiger charge is -2.54. The Labute approximate surface area is 178 Å². The molecule has 1 aromatic rings. The van der Waals surface area contributed by atoms with Crippen molar-refractivity contribution in [2.75, 3.05) is 13.2 Å². The third-order valence-corrected chi connectivity index (χ3v) is 7.92. The highest BCUT2D eigenvalue weighted by Gasteiger charge is 2.49. The topological polar surface area (TPSA) is 90.4 Å². The van der Waals surface area contributed by atoms with Crippen LogP contribution in [0.5, 0.6) is 5.88 Å². The first-order valence-electron chi connectivity index (χ1n) is 11.1. The Kier molecular flexibility index (Phi) is 5.90. The van der Waals surface area contributed by atoms with Crippen molar-refractivity contribution in [2.24, 2.45) is 34.8 Å². The highest BCUT2D eigenvalue weighted by Crippen LogP contribution is 2.53. The summed E-state index contributed by atoms with van der Waals surface area (Å²) in [7, 11) is 0. The van der Waals surface area contributed by atoms with E-state index in [-0.39, 0.29) is 28.4 Å². The number of nitrogens with one attached hydrogen (secondary N) is 1. The average molecular weight is 422 g/mol. The molecule has 0 aliphatic heterocycles. The van der Waals surface area contributed by atoms with Crippen molar-refractivity contribution in [3.63, 3.8) is 0 Å². The van der Waals surface area contributed by atoms with Crippen molar-refractivity contribution in [1.29, 1.82) is 0 Å². The average Bonchev–Trinajstić information content (AvgIpc) is 3.04. The summed E-state index contributed by atoms with van der Waals surface area (Å²) >= 11 is 1.56. The maximum atomic E-state index is 13.2. The third kappa shape index (κ3) is 4.46. The number of carbonyl (C=O) groups excluding carboxylic acids is 1. The predicted octanol–water partition coefficient (Wildman–Crippen LogP) is 4.09. The van der Waals surface area contributed by atoms with Crippen molar-refractivity contribution < 1.29 is 14.1 Å². The van der Waals surface area contributed by atoms with Gasteiger partial charge < -0.3 is 20.3 Å². The largest absolute Gasteiger partial charge is 0.474 e. The normalized spacial score (nSPS) is 30.8. The first kappa shape index (κ1) is 21.0. The molecule has 4 aliphatic carbocycles. The molecule has 4 fully saturated rings. The van der Waals surface area contributed by atoms with Crippen LogP contribution >= 0.6 is 11.8 Å². The van der Waals surface area contributed by atoms with Gasteiger partial charge in [-0.05, 0) is 60.9 Å². The van der Waals surface area contributed by atoms with E-state index < -0.39 is 0 Å². The highest BCUT2D eigenvalue weighted by molar-refractivity contribution is 8.00. The van der Waals surface area contributed by atoms with E-state index in [4.69, 9.17) is 15.0 Å². The fourth-order valence-corrected chi connectivity index (χ4v) is 6.45. The van der Waals surface area contributed by atoms with Gasteiger partial charge in [0.05, 0.1) is 6.61 Å². The van der Waals surface area contributed by atoms with Crippen LogP contribution in [0.2, 0.25) is 0 Å². The standard InChI is InChI=1S/C22H35N3O3S/c1-12(2)29-19-18(28-25-21(19)27-11-22(3,4)10-23)20(26)24-17-15-6-13-5-14(8-15)9-16(17)7-13/h12-17H,5-11,23H2,1-4H3,(H,24,26). The molecule has 162 valence electrons. The summed E-state index contributed by atoms with van der Waals surface area (Å²) in [6, 6.07) is 0.276. The number of thioether (sulfide) groups is 1. The fraction of sp³-hybridized carbons (Fsp3) is 0.818. The molecule has 0 radical (unpaired) electrons. The van der Waals surface area contributed by atoms with Crippen molar-refractivity contribution in [3.05, 3.63) is 5.76 Å². The summed E-state index contributed by atoms with van der Waals surface area (Å²) < 4.78 is 11.4. The smallest absolute Gasteiger partial charge is 0.291 e. The quantitative estimate of drug-likeness (QED) is 0.614. The van der Waals surface area contributed by atoms with Crippen LogP contribution in [0.25, 0.3) is 0 Å². The van der Waals surface area contributed by atoms with Gasteiger partial charge in [0.25, 0.3) is 11.8 Å². The molecule has 4 saturated carbocycles. The zero-order chi connectivity index (χ0) is 20.8. The molecule has 1 aromatic heterocycles. The van der Waals surface area contributed by atoms with Gasteiger partial charge in [-0.1, -0.05) is 27.7 Å². The van der Waals surface area contributed by atoms with Crippen molar-refractivity contribution in [3.8, 4) is 5.88 Å². The van der Waals surface area contributed by atoms with E-state index in [0.29, 0.717) is 35.8 Å². The van der Waals surface area contributed by atoms with Gasteiger partial charge in [0.1, 0.15) is 4.90 Å². The Hall–Kier alpha value is -1.21. The highest BCUT2D eigenvalue weighted by atomic mass is 32.2. The van der Waals surface area contributed by atoms with Gasteiger partial charge in [0.15, 0.2) is 0 Å². The number of aromatic nitrogens is 1. The maximum Gasteiger partial charge on any atom is 0.291 e. The van der Waals surface area contributed by atoms with Crippen LogP contribution in [-0.2, 0) is 0 Å². The van der Waals surface area contributed by atoms with E-state index in [1.807, 2.05) is 13.8 Å². The van der Waals surface area contributed by atoms with Crippen LogP contribution in [-0.4, -0.2) is 35.5 Å². The SMILES string of the molecule is CC(C)Sc1c(OCC(C)(C)CN)noc1C(=O)NC1C2CC3CC(C2)CC1C3. The second-order valence-corrected chi connectivity index (χ2v) is 12.0. The molecule has 4 bridgehead atoms. The van der Waals surface area contributed by atoms with Gasteiger partial charge in [-0.25, -0.2) is 0 Å². The Bertz CT molecular complexity index is 718. The third-order valence-electron chi connectivity index (χ3n) is 6.86. The lowest BCUT2D eigenvalue weighted by Crippen LogP contribution is -2.55. The lowest BCUT2D eigenvalue weighted by atomic mass is 9.54. The summed E-state index contributed by atoms with van der Waals surface area (Å²) in [6.07, 6.45) is 6.48. The molecule has 3 N–H and O–H groups in total. The minimum atomic E-state index is -0.165. The summed E-state index contributed by atoms with van der Waals surface area (Å²) in [5.41, 5.74) is 5.65. The predicted molar refractivity (Wildman–Crippen MR) is 114 cm³/mol. The Morgan fingerprint density at radius 3 is 2.41 bits per heavy atom. The molecule has 6 nitrogen and oxygen atoms in total. The molecule has 0 aromatic carbocycles. The van der Waals surface area contributed by atoms with E-state index in [1.54, 1.807) is 11.8 Å². The zero-order valence-corrected chi connectivity index (χ0v) is 18.9. The molecule has 1 amide bonds. The van der Waals surface area contributed by atoms with Crippen molar-refractivity contribution >= 4 is 17.7 Å². The molecule has 1 heterocycles. The van der Waals surface area contributed by atoms with Gasteiger partial charge in [0.2, 0.25) is 5.76 Å². The Morgan fingerprint density at radius 2 is 1.86 bits per heavy atom. The van der Waals surface area contributed by atoms with E-state index >= 15 is 0 Å². The molecule has 0 spiro atoms. The molecular weight excluding hydrogens is 386 g/mol. The summed E-state index contributed by atoms with van der Waals surface area (Å²) in [6.45, 7) is 9.20. The van der Waals surface area contributed by atoms with Crippen LogP contribution in [0.3, 0.4) is 0 Å². The monoisotopic (exact) mass is 421 g/mol. The first-order chi connectivity index (χ1) is 13.8. The molecule has 5 rings (SSSR count). The van der Waals surface area contributed by atoms with E-state index in [2.05, 4.69) is 24.3 Å². The van der Waals surface area contributed by atoms with E-state index in [9.17, 15) is 4.79 Å². The lowest BCUT2D eigenvalue weighted by molar-refractivity contribution is -0.0124. The number of nitrogens with zero attached hydrogens (tertiary/aromatic N) is 1. The minimum Gasteiger partial charge on any atom is -0.474 e. The van der Waals surface area contributed by atoms with Crippen LogP contribution in [0.4, 0.5) is 0 Å². The number of rotatable bonds is 8. The van der Waals surface area contributed by atoms with Crippen molar-refractivity contribution in [2.45, 2.75) is 76.0 Å². The Balaban J connectivity index is 1.49. The number of ether oxygens (including phenoxy) is 1. The number of hydrogen-bond donors (Lipinski definition) is 2. The Morgan fingerprint density at radius 1 is 1.24 bits per heavy atom. The van der Waals surface area contributed by atoms with Crippen LogP contribution in [0.1, 0.15) is 70.4 Å². The molecular formula is C22H35N3O3S. The number of amides is 1. The first-order valence-corrected chi connectivity index (χ1v) is 11.9. The van der Waals surface area contributed by atoms with Crippen LogP contribution in [0.15, 0.2) is 9.42 Å². The van der Waals surface area contributed by atoms with Gasteiger partial charge in [0, 0.05) is 23.3 Å². The number of nitrogens with two attached hydrogens (primary N) is 1. The van der Waals surface area contributed by atoms with Gasteiger partial charge in [-0.2, -0.15) is 0 Å². The van der Waals surface area contributed by atoms with E-state index in [1.165, 1.54) is 32.1 Å². The van der Waals surface area contributed by atoms with E-state index in [0.717, 1.165) is 11.8 Å². The molecule has 0 unspecified atom stereocenters. The number of carbonyl (C=O) groups is 1. The molecule has 4 aliphatic rings. The molecule has 29 heavy (non-hydrogen) atoms. The summed E-state index contributed by atoms with van der Waals surface area (Å²) in [5.74, 6) is 3.56. The summed E-state index contributed by atoms with van der Waals surface area (Å²) in [5, 5.41) is 7.70. The van der Waals surface area contributed by atoms with Gasteiger partial charge in [-0.3, -0.25) is 4.79 Å². The summed E-state index contributed by atoms with van der Waals surface area (Å²) in [4.78, 5) is 13.9. The molecule has 0 atom stereocenters. The zero-order valence-electron chi connectivity index (χ0n) is 18.1. The second-order valence-electron chi connectivity index (χ2n) is 10.4. The minimum absolute atomic E-state index is 0.147. The molecule has 0 saturated heterocycles. The van der Waals surface area contributed by atoms with Gasteiger partial charge in [-0.15, -0.1) is 11.8 Å². The molecule has 7 heteroatoms. The maximum absolute atomic E-state index is 13.2. The van der Waals surface area contributed by atoms with Crippen LogP contribution in [0, 0.1) is 29.1 Å². The fourth-order valence-electron chi connectivity index (χ4n) is 5.54. The van der Waals surface area contributed by atoms with Gasteiger partial charge >= 0.3 is 0 Å². The number of hydrogen-bond acceptors (Lipinski definition) is 6. The van der Waals surface area contributed by atoms with Crippen LogP contribution < -0.4 is 15.8 Å².